The summed E-state index contributed by atoms with van der Waals surface area (Å²) in [4.78, 5) is 8.80. The van der Waals surface area contributed by atoms with E-state index in [9.17, 15) is 0 Å². The molecule has 1 aromatic carbocycles. The van der Waals surface area contributed by atoms with Gasteiger partial charge in [-0.3, -0.25) is 4.98 Å². The summed E-state index contributed by atoms with van der Waals surface area (Å²) in [5.74, 6) is 0. The number of hydrogen-bond donors (Lipinski definition) is 2. The molecule has 0 aliphatic carbocycles. The van der Waals surface area contributed by atoms with Gasteiger partial charge in [-0.25, -0.2) is 4.98 Å². The van der Waals surface area contributed by atoms with E-state index in [0.717, 1.165) is 45.3 Å². The summed E-state index contributed by atoms with van der Waals surface area (Å²) < 4.78 is 1.13. The highest BCUT2D eigenvalue weighted by atomic mass is 32.1. The molecular weight excluding hydrogens is 268 g/mol. The third-order valence-electron chi connectivity index (χ3n) is 3.09. The SMILES string of the molecule is Cc1nc2cc(NCCc3ccccn3)c(N)cc2s1. The van der Waals surface area contributed by atoms with Crippen LogP contribution in [0.2, 0.25) is 0 Å². The van der Waals surface area contributed by atoms with Crippen molar-refractivity contribution in [1.29, 1.82) is 0 Å². The van der Waals surface area contributed by atoms with Crippen molar-refractivity contribution in [3.63, 3.8) is 0 Å². The summed E-state index contributed by atoms with van der Waals surface area (Å²) in [5.41, 5.74) is 9.86. The van der Waals surface area contributed by atoms with Crippen molar-refractivity contribution in [3.8, 4) is 0 Å². The molecule has 3 aromatic rings. The molecule has 2 heterocycles. The van der Waals surface area contributed by atoms with Crippen LogP contribution in [0.1, 0.15) is 10.7 Å². The van der Waals surface area contributed by atoms with E-state index in [-0.39, 0.29) is 0 Å². The van der Waals surface area contributed by atoms with Gasteiger partial charge in [-0.15, -0.1) is 11.3 Å². The minimum Gasteiger partial charge on any atom is -0.397 e. The molecule has 0 unspecified atom stereocenters. The smallest absolute Gasteiger partial charge is 0.0907 e. The third-order valence-corrected chi connectivity index (χ3v) is 4.02. The number of rotatable bonds is 4. The summed E-state index contributed by atoms with van der Waals surface area (Å²) >= 11 is 1.67. The predicted molar refractivity (Wildman–Crippen MR) is 85.2 cm³/mol. The molecule has 0 fully saturated rings. The predicted octanol–water partition coefficient (Wildman–Crippen LogP) is 3.24. The molecule has 3 rings (SSSR count). The Morgan fingerprint density at radius 1 is 1.30 bits per heavy atom. The lowest BCUT2D eigenvalue weighted by atomic mass is 10.2. The number of nitrogens with one attached hydrogen (secondary N) is 1. The number of pyridine rings is 1. The zero-order chi connectivity index (χ0) is 13.9. The molecule has 5 heteroatoms. The van der Waals surface area contributed by atoms with Crippen LogP contribution in [0.4, 0.5) is 11.4 Å². The summed E-state index contributed by atoms with van der Waals surface area (Å²) in [7, 11) is 0. The van der Waals surface area contributed by atoms with Gasteiger partial charge in [0.05, 0.1) is 26.6 Å². The number of nitrogens with two attached hydrogens (primary N) is 1. The Kier molecular flexibility index (Phi) is 3.52. The number of benzene rings is 1. The molecule has 0 saturated heterocycles. The number of anilines is 2. The highest BCUT2D eigenvalue weighted by Gasteiger charge is 2.06. The first-order valence-electron chi connectivity index (χ1n) is 6.53. The van der Waals surface area contributed by atoms with Gasteiger partial charge < -0.3 is 11.1 Å². The van der Waals surface area contributed by atoms with Crippen LogP contribution in [-0.4, -0.2) is 16.5 Å². The van der Waals surface area contributed by atoms with Crippen molar-refractivity contribution in [2.75, 3.05) is 17.6 Å². The Morgan fingerprint density at radius 2 is 2.20 bits per heavy atom. The molecule has 102 valence electrons. The van der Waals surface area contributed by atoms with Gasteiger partial charge in [0.15, 0.2) is 0 Å². The van der Waals surface area contributed by atoms with Gasteiger partial charge in [-0.2, -0.15) is 0 Å². The lowest BCUT2D eigenvalue weighted by Gasteiger charge is -2.09. The van der Waals surface area contributed by atoms with E-state index in [1.807, 2.05) is 43.5 Å². The van der Waals surface area contributed by atoms with Crippen LogP contribution in [-0.2, 0) is 6.42 Å². The molecule has 20 heavy (non-hydrogen) atoms. The van der Waals surface area contributed by atoms with Gasteiger partial charge in [0.25, 0.3) is 0 Å². The minimum absolute atomic E-state index is 0.766. The first-order chi connectivity index (χ1) is 9.72. The lowest BCUT2D eigenvalue weighted by molar-refractivity contribution is 0.962. The van der Waals surface area contributed by atoms with Crippen molar-refractivity contribution in [3.05, 3.63) is 47.2 Å². The Balaban J connectivity index is 1.72. The number of fused-ring (bicyclic) bond motifs is 1. The van der Waals surface area contributed by atoms with E-state index in [0.29, 0.717) is 0 Å². The largest absolute Gasteiger partial charge is 0.397 e. The topological polar surface area (TPSA) is 63.8 Å². The van der Waals surface area contributed by atoms with Gasteiger partial charge in [0.2, 0.25) is 0 Å². The van der Waals surface area contributed by atoms with Crippen molar-refractivity contribution < 1.29 is 0 Å². The first kappa shape index (κ1) is 12.9. The van der Waals surface area contributed by atoms with Crippen molar-refractivity contribution in [2.24, 2.45) is 0 Å². The molecule has 0 atom stereocenters. The number of aromatic nitrogens is 2. The number of hydrogen-bond acceptors (Lipinski definition) is 5. The molecule has 0 radical (unpaired) electrons. The van der Waals surface area contributed by atoms with Crippen LogP contribution in [0.15, 0.2) is 36.5 Å². The maximum atomic E-state index is 6.08. The highest BCUT2D eigenvalue weighted by Crippen LogP contribution is 2.29. The average molecular weight is 284 g/mol. The third kappa shape index (κ3) is 2.72. The second kappa shape index (κ2) is 5.46. The monoisotopic (exact) mass is 284 g/mol. The molecule has 3 N–H and O–H groups in total. The molecule has 0 aliphatic heterocycles. The summed E-state index contributed by atoms with van der Waals surface area (Å²) in [6, 6.07) is 9.96. The number of nitrogen functional groups attached to an aromatic ring is 1. The number of thiazole rings is 1. The Bertz CT molecular complexity index is 721. The fourth-order valence-electron chi connectivity index (χ4n) is 2.13. The quantitative estimate of drug-likeness (QED) is 0.722. The fraction of sp³-hybridized carbons (Fsp3) is 0.200. The van der Waals surface area contributed by atoms with Crippen LogP contribution in [0.25, 0.3) is 10.2 Å². The van der Waals surface area contributed by atoms with Crippen molar-refractivity contribution >= 4 is 32.9 Å². The van der Waals surface area contributed by atoms with Crippen LogP contribution in [0.3, 0.4) is 0 Å². The Morgan fingerprint density at radius 3 is 3.00 bits per heavy atom. The molecule has 0 spiro atoms. The summed E-state index contributed by atoms with van der Waals surface area (Å²) in [6.45, 7) is 2.81. The first-order valence-corrected chi connectivity index (χ1v) is 7.34. The minimum atomic E-state index is 0.766. The molecular formula is C15H16N4S. The number of nitrogens with zero attached hydrogens (tertiary/aromatic N) is 2. The standard InChI is InChI=1S/C15H16N4S/c1-10-19-14-9-13(12(16)8-15(14)20-10)18-7-5-11-4-2-3-6-17-11/h2-4,6,8-9,18H,5,7,16H2,1H3. The van der Waals surface area contributed by atoms with E-state index in [4.69, 9.17) is 5.73 Å². The highest BCUT2D eigenvalue weighted by molar-refractivity contribution is 7.18. The lowest BCUT2D eigenvalue weighted by Crippen LogP contribution is -2.07. The molecule has 0 amide bonds. The van der Waals surface area contributed by atoms with E-state index in [1.54, 1.807) is 11.3 Å². The Labute approximate surface area is 121 Å². The average Bonchev–Trinajstić information content (AvgIpc) is 2.79. The van der Waals surface area contributed by atoms with Crippen LogP contribution >= 0.6 is 11.3 Å². The van der Waals surface area contributed by atoms with E-state index < -0.39 is 0 Å². The van der Waals surface area contributed by atoms with Gasteiger partial charge in [0, 0.05) is 24.9 Å². The summed E-state index contributed by atoms with van der Waals surface area (Å²) in [6.07, 6.45) is 2.68. The van der Waals surface area contributed by atoms with Crippen molar-refractivity contribution in [1.82, 2.24) is 9.97 Å². The van der Waals surface area contributed by atoms with E-state index in [2.05, 4.69) is 15.3 Å². The van der Waals surface area contributed by atoms with Gasteiger partial charge in [-0.05, 0) is 31.2 Å². The molecule has 0 aliphatic rings. The van der Waals surface area contributed by atoms with Crippen LogP contribution in [0, 0.1) is 6.92 Å². The Hall–Kier alpha value is -2.14. The second-order valence-corrected chi connectivity index (χ2v) is 5.87. The van der Waals surface area contributed by atoms with Crippen LogP contribution in [0.5, 0.6) is 0 Å². The van der Waals surface area contributed by atoms with E-state index >= 15 is 0 Å². The van der Waals surface area contributed by atoms with Gasteiger partial charge in [-0.1, -0.05) is 6.07 Å². The fourth-order valence-corrected chi connectivity index (χ4v) is 2.99. The van der Waals surface area contributed by atoms with E-state index in [1.165, 1.54) is 0 Å². The maximum absolute atomic E-state index is 6.08. The normalized spacial score (nSPS) is 10.8. The van der Waals surface area contributed by atoms with Crippen LogP contribution < -0.4 is 11.1 Å². The molecule has 2 aromatic heterocycles. The van der Waals surface area contributed by atoms with Crippen molar-refractivity contribution in [2.45, 2.75) is 13.3 Å². The molecule has 0 bridgehead atoms. The molecule has 4 nitrogen and oxygen atoms in total. The van der Waals surface area contributed by atoms with Gasteiger partial charge in [0.1, 0.15) is 0 Å². The zero-order valence-corrected chi connectivity index (χ0v) is 12.1. The summed E-state index contributed by atoms with van der Waals surface area (Å²) in [5, 5.41) is 4.42. The number of aryl methyl sites for hydroxylation is 1. The zero-order valence-electron chi connectivity index (χ0n) is 11.3. The second-order valence-electron chi connectivity index (χ2n) is 4.64. The molecule has 0 saturated carbocycles. The maximum Gasteiger partial charge on any atom is 0.0907 e. The van der Waals surface area contributed by atoms with Gasteiger partial charge >= 0.3 is 0 Å².